The molecule has 2 aromatic rings. The van der Waals surface area contributed by atoms with Gasteiger partial charge in [0.2, 0.25) is 0 Å². The van der Waals surface area contributed by atoms with Crippen LogP contribution in [0.5, 0.6) is 0 Å². The predicted octanol–water partition coefficient (Wildman–Crippen LogP) is 3.67. The number of nitrogen functional groups attached to an aromatic ring is 1. The van der Waals surface area contributed by atoms with E-state index < -0.39 is 0 Å². The molecule has 1 aliphatic rings. The summed E-state index contributed by atoms with van der Waals surface area (Å²) in [6.07, 6.45) is 12.0. The van der Waals surface area contributed by atoms with Crippen molar-refractivity contribution in [3.8, 4) is 11.3 Å². The smallest absolute Gasteiger partial charge is 0.132 e. The molecule has 0 radical (unpaired) electrons. The molecule has 1 aliphatic carbocycles. The van der Waals surface area contributed by atoms with Gasteiger partial charge in [0.1, 0.15) is 5.82 Å². The molecule has 2 aromatic heterocycles. The first kappa shape index (κ1) is 13.2. The molecule has 0 aromatic carbocycles. The van der Waals surface area contributed by atoms with Crippen LogP contribution in [-0.4, -0.2) is 14.5 Å². The van der Waals surface area contributed by atoms with Gasteiger partial charge in [0.05, 0.1) is 18.2 Å². The average Bonchev–Trinajstić information content (AvgIpc) is 2.97. The first-order chi connectivity index (χ1) is 9.79. The lowest BCUT2D eigenvalue weighted by Crippen LogP contribution is -2.19. The maximum absolute atomic E-state index is 6.01. The minimum Gasteiger partial charge on any atom is -0.383 e. The third kappa shape index (κ3) is 2.42. The first-order valence-corrected chi connectivity index (χ1v) is 7.52. The van der Waals surface area contributed by atoms with Crippen molar-refractivity contribution in [3.63, 3.8) is 0 Å². The van der Waals surface area contributed by atoms with E-state index in [0.29, 0.717) is 11.9 Å². The summed E-state index contributed by atoms with van der Waals surface area (Å²) in [6, 6.07) is 4.50. The molecule has 2 unspecified atom stereocenters. The second-order valence-corrected chi connectivity index (χ2v) is 5.72. The molecule has 2 heterocycles. The topological polar surface area (TPSA) is 56.7 Å². The van der Waals surface area contributed by atoms with E-state index in [1.54, 1.807) is 6.20 Å². The van der Waals surface area contributed by atoms with Crippen LogP contribution in [0.3, 0.4) is 0 Å². The summed E-state index contributed by atoms with van der Waals surface area (Å²) >= 11 is 0. The Morgan fingerprint density at radius 2 is 2.30 bits per heavy atom. The number of hydrogen-bond acceptors (Lipinski definition) is 3. The van der Waals surface area contributed by atoms with Crippen LogP contribution < -0.4 is 5.73 Å². The Balaban J connectivity index is 1.92. The van der Waals surface area contributed by atoms with Crippen LogP contribution >= 0.6 is 0 Å². The fourth-order valence-corrected chi connectivity index (χ4v) is 3.32. The van der Waals surface area contributed by atoms with E-state index in [1.807, 2.05) is 24.7 Å². The van der Waals surface area contributed by atoms with Crippen LogP contribution in [0.2, 0.25) is 0 Å². The molecular formula is C16H22N4. The fourth-order valence-electron chi connectivity index (χ4n) is 3.32. The molecule has 0 spiro atoms. The van der Waals surface area contributed by atoms with Gasteiger partial charge in [0.25, 0.3) is 0 Å². The van der Waals surface area contributed by atoms with E-state index in [-0.39, 0.29) is 0 Å². The Bertz CT molecular complexity index is 575. The highest BCUT2D eigenvalue weighted by Gasteiger charge is 2.24. The highest BCUT2D eigenvalue weighted by atomic mass is 15.1. The minimum atomic E-state index is 0.547. The first-order valence-electron chi connectivity index (χ1n) is 7.52. The van der Waals surface area contributed by atoms with Gasteiger partial charge in [-0.15, -0.1) is 0 Å². The number of anilines is 1. The SMILES string of the molecule is CCC1CCCC(n2cncc2-c2cccnc2N)C1. The Morgan fingerprint density at radius 3 is 3.10 bits per heavy atom. The van der Waals surface area contributed by atoms with Crippen molar-refractivity contribution in [2.24, 2.45) is 5.92 Å². The lowest BCUT2D eigenvalue weighted by Gasteiger charge is -2.30. The Kier molecular flexibility index (Phi) is 3.72. The summed E-state index contributed by atoms with van der Waals surface area (Å²) in [6.45, 7) is 2.29. The molecule has 0 aliphatic heterocycles. The Morgan fingerprint density at radius 1 is 1.40 bits per heavy atom. The highest BCUT2D eigenvalue weighted by molar-refractivity contribution is 5.70. The molecule has 1 fully saturated rings. The van der Waals surface area contributed by atoms with Crippen LogP contribution in [0.25, 0.3) is 11.3 Å². The summed E-state index contributed by atoms with van der Waals surface area (Å²) in [7, 11) is 0. The number of hydrogen-bond donors (Lipinski definition) is 1. The zero-order chi connectivity index (χ0) is 13.9. The van der Waals surface area contributed by atoms with Gasteiger partial charge >= 0.3 is 0 Å². The molecule has 0 saturated heterocycles. The van der Waals surface area contributed by atoms with E-state index in [0.717, 1.165) is 17.2 Å². The largest absolute Gasteiger partial charge is 0.383 e. The van der Waals surface area contributed by atoms with Crippen LogP contribution in [-0.2, 0) is 0 Å². The van der Waals surface area contributed by atoms with Crippen molar-refractivity contribution in [1.29, 1.82) is 0 Å². The third-order valence-corrected chi connectivity index (χ3v) is 4.51. The summed E-state index contributed by atoms with van der Waals surface area (Å²) < 4.78 is 2.30. The molecule has 0 amide bonds. The van der Waals surface area contributed by atoms with Gasteiger partial charge < -0.3 is 10.3 Å². The van der Waals surface area contributed by atoms with Crippen molar-refractivity contribution < 1.29 is 0 Å². The van der Waals surface area contributed by atoms with Crippen LogP contribution in [0.4, 0.5) is 5.82 Å². The number of pyridine rings is 1. The number of imidazole rings is 1. The van der Waals surface area contributed by atoms with Gasteiger partial charge in [-0.1, -0.05) is 26.2 Å². The zero-order valence-electron chi connectivity index (χ0n) is 12.0. The van der Waals surface area contributed by atoms with Crippen molar-refractivity contribution in [2.45, 2.75) is 45.1 Å². The normalized spacial score (nSPS) is 22.9. The number of rotatable bonds is 3. The van der Waals surface area contributed by atoms with E-state index in [1.165, 1.54) is 32.1 Å². The quantitative estimate of drug-likeness (QED) is 0.925. The lowest BCUT2D eigenvalue weighted by atomic mass is 9.84. The standard InChI is InChI=1S/C16H22N4/c1-2-12-5-3-6-13(9-12)20-11-18-10-15(20)14-7-4-8-19-16(14)17/h4,7-8,10-13H,2-3,5-6,9H2,1H3,(H2,17,19). The summed E-state index contributed by atoms with van der Waals surface area (Å²) in [5, 5.41) is 0. The van der Waals surface area contributed by atoms with Crippen molar-refractivity contribution in [2.75, 3.05) is 5.73 Å². The van der Waals surface area contributed by atoms with E-state index in [9.17, 15) is 0 Å². The predicted molar refractivity (Wildman–Crippen MR) is 81.2 cm³/mol. The van der Waals surface area contributed by atoms with Crippen molar-refractivity contribution >= 4 is 5.82 Å². The molecular weight excluding hydrogens is 248 g/mol. The highest BCUT2D eigenvalue weighted by Crippen LogP contribution is 2.37. The van der Waals surface area contributed by atoms with E-state index >= 15 is 0 Å². The number of nitrogens with two attached hydrogens (primary N) is 1. The van der Waals surface area contributed by atoms with Gasteiger partial charge in [-0.25, -0.2) is 9.97 Å². The fraction of sp³-hybridized carbons (Fsp3) is 0.500. The van der Waals surface area contributed by atoms with Crippen LogP contribution in [0.1, 0.15) is 45.1 Å². The van der Waals surface area contributed by atoms with Crippen LogP contribution in [0.15, 0.2) is 30.9 Å². The summed E-state index contributed by atoms with van der Waals surface area (Å²) in [5.74, 6) is 1.42. The zero-order valence-corrected chi connectivity index (χ0v) is 12.0. The molecule has 3 rings (SSSR count). The molecule has 2 atom stereocenters. The lowest BCUT2D eigenvalue weighted by molar-refractivity contribution is 0.262. The number of nitrogens with zero attached hydrogens (tertiary/aromatic N) is 3. The Hall–Kier alpha value is -1.84. The minimum absolute atomic E-state index is 0.547. The average molecular weight is 270 g/mol. The molecule has 2 N–H and O–H groups in total. The second kappa shape index (κ2) is 5.65. The molecule has 20 heavy (non-hydrogen) atoms. The Labute approximate surface area is 120 Å². The maximum atomic E-state index is 6.01. The molecule has 4 heteroatoms. The third-order valence-electron chi connectivity index (χ3n) is 4.51. The van der Waals surface area contributed by atoms with Crippen molar-refractivity contribution in [3.05, 3.63) is 30.9 Å². The second-order valence-electron chi connectivity index (χ2n) is 5.72. The molecule has 4 nitrogen and oxygen atoms in total. The van der Waals surface area contributed by atoms with Gasteiger partial charge in [-0.3, -0.25) is 0 Å². The van der Waals surface area contributed by atoms with Gasteiger partial charge in [-0.05, 0) is 30.9 Å². The maximum Gasteiger partial charge on any atom is 0.132 e. The molecule has 1 saturated carbocycles. The monoisotopic (exact) mass is 270 g/mol. The summed E-state index contributed by atoms with van der Waals surface area (Å²) in [4.78, 5) is 8.53. The molecule has 0 bridgehead atoms. The van der Waals surface area contributed by atoms with Gasteiger partial charge in [0, 0.05) is 17.8 Å². The van der Waals surface area contributed by atoms with Crippen LogP contribution in [0, 0.1) is 5.92 Å². The van der Waals surface area contributed by atoms with Gasteiger partial charge in [-0.2, -0.15) is 0 Å². The summed E-state index contributed by atoms with van der Waals surface area (Å²) in [5.41, 5.74) is 8.10. The van der Waals surface area contributed by atoms with E-state index in [4.69, 9.17) is 5.73 Å². The number of aromatic nitrogens is 3. The van der Waals surface area contributed by atoms with E-state index in [2.05, 4.69) is 21.5 Å². The molecule has 106 valence electrons. The van der Waals surface area contributed by atoms with Gasteiger partial charge in [0.15, 0.2) is 0 Å². The van der Waals surface area contributed by atoms with Crippen molar-refractivity contribution in [1.82, 2.24) is 14.5 Å².